The molecule has 0 saturated carbocycles. The molecule has 0 radical (unpaired) electrons. The highest BCUT2D eigenvalue weighted by Gasteiger charge is 2.39. The van der Waals surface area contributed by atoms with Crippen molar-refractivity contribution in [3.63, 3.8) is 0 Å². The largest absolute Gasteiger partial charge is 0.387 e. The molecule has 1 atom stereocenters. The van der Waals surface area contributed by atoms with Crippen LogP contribution in [-0.4, -0.2) is 53.3 Å². The first-order valence-electron chi connectivity index (χ1n) is 8.59. The van der Waals surface area contributed by atoms with Gasteiger partial charge in [0, 0.05) is 25.3 Å². The Hall–Kier alpha value is -1.64. The van der Waals surface area contributed by atoms with Crippen molar-refractivity contribution in [3.8, 4) is 6.07 Å². The lowest BCUT2D eigenvalue weighted by atomic mass is 10.0. The molecule has 2 fully saturated rings. The summed E-state index contributed by atoms with van der Waals surface area (Å²) in [6.07, 6.45) is 4.51. The number of pyridine rings is 1. The minimum absolute atomic E-state index is 0.564. The fourth-order valence-electron chi connectivity index (χ4n) is 3.88. The van der Waals surface area contributed by atoms with Gasteiger partial charge in [-0.15, -0.1) is 0 Å². The first-order valence-corrected chi connectivity index (χ1v) is 8.59. The van der Waals surface area contributed by atoms with Crippen LogP contribution in [0.3, 0.4) is 0 Å². The second-order valence-electron chi connectivity index (χ2n) is 7.12. The molecule has 5 nitrogen and oxygen atoms in total. The fraction of sp³-hybridized carbons (Fsp3) is 0.667. The van der Waals surface area contributed by atoms with E-state index in [-0.39, 0.29) is 0 Å². The summed E-state index contributed by atoms with van der Waals surface area (Å²) in [7, 11) is 0. The van der Waals surface area contributed by atoms with Crippen molar-refractivity contribution < 1.29 is 5.11 Å². The zero-order valence-corrected chi connectivity index (χ0v) is 14.2. The minimum atomic E-state index is -0.691. The molecule has 0 aliphatic carbocycles. The molecule has 23 heavy (non-hydrogen) atoms. The van der Waals surface area contributed by atoms with Gasteiger partial charge in [0.1, 0.15) is 11.9 Å². The summed E-state index contributed by atoms with van der Waals surface area (Å²) in [5.41, 5.74) is 1.82. The number of hydrogen-bond acceptors (Lipinski definition) is 5. The first-order chi connectivity index (χ1) is 11.0. The highest BCUT2D eigenvalue weighted by Crippen LogP contribution is 2.30. The Morgan fingerprint density at radius 1 is 1.26 bits per heavy atom. The highest BCUT2D eigenvalue weighted by atomic mass is 16.3. The van der Waals surface area contributed by atoms with Gasteiger partial charge in [-0.2, -0.15) is 5.26 Å². The smallest absolute Gasteiger partial charge is 0.147 e. The predicted molar refractivity (Wildman–Crippen MR) is 90.5 cm³/mol. The number of β-amino-alcohol motifs (C(OH)–C–C–N with tert-alkyl or cyclic N) is 1. The van der Waals surface area contributed by atoms with Crippen LogP contribution < -0.4 is 4.90 Å². The Kier molecular flexibility index (Phi) is 4.56. The SMILES string of the molecule is Cc1cc(C)c(C#N)c(N2CC[C@@](O)(CN3CCCCC3)C2)n1. The minimum Gasteiger partial charge on any atom is -0.387 e. The van der Waals surface area contributed by atoms with E-state index in [1.54, 1.807) is 0 Å². The number of aliphatic hydroxyl groups is 1. The van der Waals surface area contributed by atoms with Crippen LogP contribution >= 0.6 is 0 Å². The number of likely N-dealkylation sites (tertiary alicyclic amines) is 1. The number of piperidine rings is 1. The summed E-state index contributed by atoms with van der Waals surface area (Å²) >= 11 is 0. The molecule has 0 amide bonds. The summed E-state index contributed by atoms with van der Waals surface area (Å²) in [4.78, 5) is 9.05. The number of anilines is 1. The molecule has 1 aromatic heterocycles. The van der Waals surface area contributed by atoms with Gasteiger partial charge in [-0.3, -0.25) is 0 Å². The number of aromatic nitrogens is 1. The van der Waals surface area contributed by atoms with Crippen molar-refractivity contribution in [1.82, 2.24) is 9.88 Å². The molecule has 1 N–H and O–H groups in total. The monoisotopic (exact) mass is 314 g/mol. The van der Waals surface area contributed by atoms with Crippen molar-refractivity contribution >= 4 is 5.82 Å². The Bertz CT molecular complexity index is 618. The third-order valence-corrected chi connectivity index (χ3v) is 5.04. The van der Waals surface area contributed by atoms with Crippen LogP contribution in [0, 0.1) is 25.2 Å². The van der Waals surface area contributed by atoms with Gasteiger partial charge in [-0.25, -0.2) is 4.98 Å². The fourth-order valence-corrected chi connectivity index (χ4v) is 3.88. The van der Waals surface area contributed by atoms with Gasteiger partial charge in [0.2, 0.25) is 0 Å². The van der Waals surface area contributed by atoms with Crippen LogP contribution in [0.1, 0.15) is 42.5 Å². The Labute approximate surface area is 138 Å². The van der Waals surface area contributed by atoms with Crippen molar-refractivity contribution in [2.24, 2.45) is 0 Å². The summed E-state index contributed by atoms with van der Waals surface area (Å²) in [5.74, 6) is 0.736. The summed E-state index contributed by atoms with van der Waals surface area (Å²) < 4.78 is 0. The lowest BCUT2D eigenvalue weighted by molar-refractivity contribution is 0.0169. The standard InChI is InChI=1S/C18H26N4O/c1-14-10-15(2)20-17(16(14)11-19)22-9-6-18(23,13-22)12-21-7-4-3-5-8-21/h10,23H,3-9,12-13H2,1-2H3/t18-/m1/s1. The lowest BCUT2D eigenvalue weighted by Crippen LogP contribution is -2.46. The van der Waals surface area contributed by atoms with Crippen molar-refractivity contribution in [2.45, 2.75) is 45.1 Å². The van der Waals surface area contributed by atoms with E-state index in [9.17, 15) is 10.4 Å². The molecule has 0 bridgehead atoms. The third-order valence-electron chi connectivity index (χ3n) is 5.04. The normalized spacial score (nSPS) is 25.6. The van der Waals surface area contributed by atoms with Crippen LogP contribution in [0.2, 0.25) is 0 Å². The average molecular weight is 314 g/mol. The molecular weight excluding hydrogens is 288 g/mol. The number of rotatable bonds is 3. The van der Waals surface area contributed by atoms with Crippen LogP contribution in [0.4, 0.5) is 5.82 Å². The average Bonchev–Trinajstić information content (AvgIpc) is 2.89. The van der Waals surface area contributed by atoms with Gasteiger partial charge in [0.05, 0.1) is 11.2 Å². The van der Waals surface area contributed by atoms with Gasteiger partial charge < -0.3 is 14.9 Å². The van der Waals surface area contributed by atoms with Crippen LogP contribution in [-0.2, 0) is 0 Å². The van der Waals surface area contributed by atoms with E-state index < -0.39 is 5.60 Å². The van der Waals surface area contributed by atoms with E-state index in [1.807, 2.05) is 19.9 Å². The summed E-state index contributed by atoms with van der Waals surface area (Å²) in [5, 5.41) is 20.4. The topological polar surface area (TPSA) is 63.4 Å². The van der Waals surface area contributed by atoms with Crippen LogP contribution in [0.15, 0.2) is 6.07 Å². The number of aryl methyl sites for hydroxylation is 2. The summed E-state index contributed by atoms with van der Waals surface area (Å²) in [6.45, 7) is 8.14. The van der Waals surface area contributed by atoms with Crippen molar-refractivity contribution in [2.75, 3.05) is 37.6 Å². The van der Waals surface area contributed by atoms with E-state index in [4.69, 9.17) is 0 Å². The Morgan fingerprint density at radius 2 is 2.00 bits per heavy atom. The van der Waals surface area contributed by atoms with E-state index in [1.165, 1.54) is 19.3 Å². The zero-order chi connectivity index (χ0) is 16.4. The molecule has 124 valence electrons. The molecule has 3 rings (SSSR count). The molecule has 0 spiro atoms. The first kappa shape index (κ1) is 16.2. The molecule has 2 aliphatic rings. The van der Waals surface area contributed by atoms with Gasteiger partial charge >= 0.3 is 0 Å². The third kappa shape index (κ3) is 3.49. The molecule has 5 heteroatoms. The van der Waals surface area contributed by atoms with Crippen LogP contribution in [0.25, 0.3) is 0 Å². The van der Waals surface area contributed by atoms with E-state index in [2.05, 4.69) is 20.9 Å². The second-order valence-corrected chi connectivity index (χ2v) is 7.12. The molecule has 1 aromatic rings. The maximum absolute atomic E-state index is 11.0. The van der Waals surface area contributed by atoms with Gasteiger partial charge in [0.25, 0.3) is 0 Å². The molecule has 3 heterocycles. The van der Waals surface area contributed by atoms with Gasteiger partial charge in [0.15, 0.2) is 0 Å². The number of hydrogen-bond donors (Lipinski definition) is 1. The quantitative estimate of drug-likeness (QED) is 0.924. The Balaban J connectivity index is 1.75. The molecule has 2 saturated heterocycles. The van der Waals surface area contributed by atoms with E-state index in [0.29, 0.717) is 12.1 Å². The second kappa shape index (κ2) is 6.46. The van der Waals surface area contributed by atoms with Gasteiger partial charge in [-0.1, -0.05) is 6.42 Å². The molecular formula is C18H26N4O. The predicted octanol–water partition coefficient (Wildman–Crippen LogP) is 2.00. The highest BCUT2D eigenvalue weighted by molar-refractivity contribution is 5.59. The van der Waals surface area contributed by atoms with E-state index in [0.717, 1.165) is 49.7 Å². The molecule has 0 aromatic carbocycles. The van der Waals surface area contributed by atoms with Crippen molar-refractivity contribution in [3.05, 3.63) is 22.9 Å². The zero-order valence-electron chi connectivity index (χ0n) is 14.2. The summed E-state index contributed by atoms with van der Waals surface area (Å²) in [6, 6.07) is 4.22. The number of nitrogens with zero attached hydrogens (tertiary/aromatic N) is 4. The van der Waals surface area contributed by atoms with Crippen molar-refractivity contribution in [1.29, 1.82) is 5.26 Å². The maximum atomic E-state index is 11.0. The van der Waals surface area contributed by atoms with Gasteiger partial charge in [-0.05, 0) is 57.8 Å². The number of nitriles is 1. The maximum Gasteiger partial charge on any atom is 0.147 e. The lowest BCUT2D eigenvalue weighted by Gasteiger charge is -2.33. The Morgan fingerprint density at radius 3 is 2.70 bits per heavy atom. The van der Waals surface area contributed by atoms with Crippen LogP contribution in [0.5, 0.6) is 0 Å². The van der Waals surface area contributed by atoms with E-state index >= 15 is 0 Å². The molecule has 2 aliphatic heterocycles. The molecule has 0 unspecified atom stereocenters.